The number of hydrogen-bond acceptors (Lipinski definition) is 57. The van der Waals surface area contributed by atoms with Crippen LogP contribution in [0.5, 0.6) is 0 Å². The molecule has 11 aliphatic rings. The van der Waals surface area contributed by atoms with Gasteiger partial charge in [-0.25, -0.2) is 4.18 Å². The minimum absolute atomic E-state index is 0.810. The summed E-state index contributed by atoms with van der Waals surface area (Å²) in [7, 11) is -5.64. The summed E-state index contributed by atoms with van der Waals surface area (Å²) in [6.45, 7) is -7.81. The molecule has 61 nitrogen and oxygen atoms in total. The monoisotopic (exact) mass is 1990 g/mol. The highest BCUT2D eigenvalue weighted by molar-refractivity contribution is 7.80. The Morgan fingerprint density at radius 1 is 0.246 bits per heavy atom. The molecule has 0 aromatic heterocycles. The molecule has 34 N–H and O–H groups in total. The van der Waals surface area contributed by atoms with Crippen LogP contribution in [-0.2, 0) is 128 Å². The summed E-state index contributed by atoms with van der Waals surface area (Å²) >= 11 is 0. The first-order valence-corrected chi connectivity index (χ1v) is 43.5. The third-order valence-corrected chi connectivity index (χ3v) is 24.7. The highest BCUT2D eigenvalue weighted by Gasteiger charge is 2.62. The van der Waals surface area contributed by atoms with E-state index >= 15 is 0 Å². The van der Waals surface area contributed by atoms with Crippen LogP contribution < -0.4 is 16.0 Å². The molecule has 0 aromatic rings. The summed E-state index contributed by atoms with van der Waals surface area (Å²) in [6, 6.07) is -6.16. The molecular formula is C72H121N3O58S. The van der Waals surface area contributed by atoms with Gasteiger partial charge in [0.25, 0.3) is 0 Å². The Balaban J connectivity index is 0.935. The number of ether oxygens (including phenoxy) is 21. The second kappa shape index (κ2) is 47.6. The summed E-state index contributed by atoms with van der Waals surface area (Å²) < 4.78 is 163. The Morgan fingerprint density at radius 2 is 0.507 bits per heavy atom. The fraction of sp³-hybridized carbons (Fsp3) is 0.958. The Kier molecular flexibility index (Phi) is 39.3. The minimum atomic E-state index is -5.64. The molecule has 11 heterocycles. The van der Waals surface area contributed by atoms with E-state index in [1.807, 2.05) is 0 Å². The number of aliphatic hydroxyl groups is 30. The second-order valence-electron chi connectivity index (χ2n) is 33.6. The molecule has 62 heteroatoms. The van der Waals surface area contributed by atoms with Crippen LogP contribution in [-0.4, -0.2) is 588 Å². The largest absolute Gasteiger partial charge is 0.397 e. The van der Waals surface area contributed by atoms with Gasteiger partial charge in [-0.15, -0.1) is 0 Å². The van der Waals surface area contributed by atoms with Crippen molar-refractivity contribution < 1.29 is 284 Å². The van der Waals surface area contributed by atoms with Gasteiger partial charge in [0.15, 0.2) is 69.2 Å². The Hall–Kier alpha value is -3.76. The maximum Gasteiger partial charge on any atom is 0.397 e. The van der Waals surface area contributed by atoms with E-state index in [4.69, 9.17) is 99.5 Å². The predicted molar refractivity (Wildman–Crippen MR) is 406 cm³/mol. The van der Waals surface area contributed by atoms with Crippen molar-refractivity contribution in [3.8, 4) is 0 Å². The molecular weight excluding hydrogens is 1870 g/mol. The average molecular weight is 1990 g/mol. The third-order valence-electron chi connectivity index (χ3n) is 24.3. The standard InChI is InChI=1S/C72H121N3O58S/c1-15-32(85)43(96)48(101)65(116-15)114-13-27-56(40(93)29(62(108)117-27)73-16(2)82)127-63-30(74-17(3)83)41(94)55(24(10-81)123-63)128-71-54(107)60(39(92)26(125-71)12-113-67-52(105)59(131-69-51(104)46(99)35(88)21(7-78)120-69)38(91)25(124-67)11-112-66-49(102)44(97)33(86)19(5-76)118-66)132-72-61(47(100)36(89)22(8-79)122-72)133-64-31(75-18(4)84)42(95)57(28(126-64)14-115-134(109,110)111)129-70-53(106)58(37(90)23(9-80)121-70)130-68-50(103)45(98)34(87)20(6-77)119-68/h15,19-72,76-81,85-108H,5-14H2,1-4H3,(H,73,82)(H,74,83)(H,75,84)(H,109,110,111)/t15-,19+,20+,21+,22+,23+,24+,25+,26+,27+,28+,29+,30+,31+,32+,33+,34-,35+,36+,37-,38+,39+,40+,41+,42+,43+,44-,45-,46-,47-,48-,49-,50+,51-,52-,53+,54-,55+,56+,57+,58-,59-,60-,61-,62?,63-,64-,65+,66-,67-,68+,69+,70-,71-,72+/m0/s1. The van der Waals surface area contributed by atoms with Gasteiger partial charge in [0.1, 0.15) is 262 Å². The summed E-state index contributed by atoms with van der Waals surface area (Å²) in [5.74, 6) is -3.06. The lowest BCUT2D eigenvalue weighted by molar-refractivity contribution is -0.400. The first kappa shape index (κ1) is 111. The molecule has 11 saturated heterocycles. The van der Waals surface area contributed by atoms with Crippen molar-refractivity contribution in [1.82, 2.24) is 16.0 Å². The van der Waals surface area contributed by atoms with Crippen molar-refractivity contribution in [2.75, 3.05) is 66.1 Å². The van der Waals surface area contributed by atoms with E-state index in [2.05, 4.69) is 20.1 Å². The van der Waals surface area contributed by atoms with Crippen LogP contribution in [0, 0.1) is 0 Å². The molecule has 134 heavy (non-hydrogen) atoms. The number of nitrogens with one attached hydrogen (secondary N) is 3. The second-order valence-corrected chi connectivity index (χ2v) is 34.7. The first-order valence-electron chi connectivity index (χ1n) is 42.2. The van der Waals surface area contributed by atoms with Crippen molar-refractivity contribution in [3.05, 3.63) is 0 Å². The molecule has 0 radical (unpaired) electrons. The lowest BCUT2D eigenvalue weighted by Gasteiger charge is -2.51. The summed E-state index contributed by atoms with van der Waals surface area (Å²) in [6.07, 6.45) is -114. The number of rotatable bonds is 35. The van der Waals surface area contributed by atoms with E-state index in [9.17, 15) is 181 Å². The molecule has 0 bridgehead atoms. The van der Waals surface area contributed by atoms with E-state index in [1.165, 1.54) is 6.92 Å². The molecule has 0 aliphatic carbocycles. The molecule has 3 amide bonds. The molecule has 0 spiro atoms. The van der Waals surface area contributed by atoms with E-state index in [0.717, 1.165) is 20.8 Å². The normalized spacial score (nSPS) is 50.0. The van der Waals surface area contributed by atoms with Crippen LogP contribution in [0.25, 0.3) is 0 Å². The highest BCUT2D eigenvalue weighted by Crippen LogP contribution is 2.42. The van der Waals surface area contributed by atoms with Crippen molar-refractivity contribution in [1.29, 1.82) is 0 Å². The van der Waals surface area contributed by atoms with Gasteiger partial charge in [-0.1, -0.05) is 0 Å². The van der Waals surface area contributed by atoms with Gasteiger partial charge in [-0.3, -0.25) is 18.9 Å². The Labute approximate surface area is 757 Å². The Bertz CT molecular complexity index is 3780. The topological polar surface area (TPSA) is 952 Å². The van der Waals surface area contributed by atoms with Gasteiger partial charge in [0.05, 0.1) is 72.2 Å². The molecule has 11 aliphatic heterocycles. The highest BCUT2D eigenvalue weighted by atomic mass is 32.3. The number of amides is 3. The van der Waals surface area contributed by atoms with E-state index in [-0.39, 0.29) is 0 Å². The van der Waals surface area contributed by atoms with Crippen LogP contribution in [0.1, 0.15) is 27.7 Å². The quantitative estimate of drug-likeness (QED) is 0.0262. The van der Waals surface area contributed by atoms with Gasteiger partial charge in [0, 0.05) is 20.8 Å². The van der Waals surface area contributed by atoms with Crippen LogP contribution in [0.15, 0.2) is 0 Å². The number of hydrogen-bond donors (Lipinski definition) is 34. The molecule has 778 valence electrons. The fourth-order valence-corrected chi connectivity index (χ4v) is 17.2. The maximum absolute atomic E-state index is 13.3. The zero-order chi connectivity index (χ0) is 98.7. The SMILES string of the molecule is CC(=O)N[C@H]1[C@H](O[C@H]2[C@H](O)[C@@H](NC(C)=O)C(O)O[C@@H]2CO[C@@H]2O[C@@H](C)[C@@H](O)[C@@H](O)[C@@H]2O)O[C@H](CO)[C@@H](O[C@@H]2O[C@H](CO[C@H]3O[C@H](CO[C@H]4O[C@H](CO)[C@@H](O)[C@H](O)[C@@H]4O)[C@@H](O)[C@H](O[C@H]4O[C@H](CO)[C@@H](O)[C@H](O)[C@@H]4O)[C@@H]3O)[C@@H](O)[C@H](O[C@H]3O[C@H](CO)[C@@H](O)[C@H](O)[C@@H]3O[C@@H]3O[C@H](COS(=O)(=O)O)[C@@H](O[C@@H]4O[C@H](CO)[C@H](O)[C@H](O[C@H]5O[C@H](CO)[C@H](O)[C@H](O)[C@H]5O)[C@H]4O)[C@H](O)[C@H]3NC(C)=O)[C@@H]2O)[C@@H]1O. The van der Waals surface area contributed by atoms with Crippen LogP contribution in [0.4, 0.5) is 0 Å². The van der Waals surface area contributed by atoms with Crippen molar-refractivity contribution in [2.45, 2.75) is 365 Å². The van der Waals surface area contributed by atoms with Gasteiger partial charge < -0.3 is 269 Å². The lowest BCUT2D eigenvalue weighted by Crippen LogP contribution is -2.71. The average Bonchev–Trinajstić information content (AvgIpc) is 0.710. The summed E-state index contributed by atoms with van der Waals surface area (Å²) in [5, 5.41) is 342. The lowest BCUT2D eigenvalue weighted by atomic mass is 9.93. The van der Waals surface area contributed by atoms with Gasteiger partial charge in [-0.2, -0.15) is 8.42 Å². The molecule has 11 fully saturated rings. The van der Waals surface area contributed by atoms with Crippen molar-refractivity contribution >= 4 is 28.1 Å². The smallest absolute Gasteiger partial charge is 0.394 e. The molecule has 0 saturated carbocycles. The molecule has 1 unspecified atom stereocenters. The van der Waals surface area contributed by atoms with Crippen LogP contribution in [0.3, 0.4) is 0 Å². The minimum Gasteiger partial charge on any atom is -0.394 e. The zero-order valence-corrected chi connectivity index (χ0v) is 71.9. The maximum atomic E-state index is 13.3. The van der Waals surface area contributed by atoms with Gasteiger partial charge in [-0.05, 0) is 6.92 Å². The first-order chi connectivity index (χ1) is 63.1. The van der Waals surface area contributed by atoms with Gasteiger partial charge >= 0.3 is 10.4 Å². The number of carbonyl (C=O) groups is 3. The van der Waals surface area contributed by atoms with Crippen LogP contribution in [0.2, 0.25) is 0 Å². The zero-order valence-electron chi connectivity index (χ0n) is 71.1. The number of aliphatic hydroxyl groups excluding tert-OH is 30. The van der Waals surface area contributed by atoms with Crippen molar-refractivity contribution in [2.24, 2.45) is 0 Å². The predicted octanol–water partition coefficient (Wildman–Crippen LogP) is -23.7. The van der Waals surface area contributed by atoms with E-state index < -0.39 is 432 Å². The molecule has 0 aromatic carbocycles. The molecule has 11 rings (SSSR count). The van der Waals surface area contributed by atoms with E-state index in [0.29, 0.717) is 0 Å². The van der Waals surface area contributed by atoms with Gasteiger partial charge in [0.2, 0.25) is 17.7 Å². The van der Waals surface area contributed by atoms with E-state index in [1.54, 1.807) is 0 Å². The fourth-order valence-electron chi connectivity index (χ4n) is 16.9. The summed E-state index contributed by atoms with van der Waals surface area (Å²) in [4.78, 5) is 39.2. The Morgan fingerprint density at radius 3 is 0.925 bits per heavy atom. The third kappa shape index (κ3) is 24.8. The molecule has 55 atom stereocenters. The van der Waals surface area contributed by atoms with Crippen LogP contribution >= 0.6 is 0 Å². The van der Waals surface area contributed by atoms with Crippen molar-refractivity contribution in [3.63, 3.8) is 0 Å². The summed E-state index contributed by atoms with van der Waals surface area (Å²) in [5.41, 5.74) is 0. The number of carbonyl (C=O) groups excluding carboxylic acids is 3.